The van der Waals surface area contributed by atoms with E-state index in [4.69, 9.17) is 4.52 Å². The van der Waals surface area contributed by atoms with Gasteiger partial charge in [0.2, 0.25) is 5.89 Å². The van der Waals surface area contributed by atoms with Gasteiger partial charge in [-0.1, -0.05) is 19.0 Å². The van der Waals surface area contributed by atoms with E-state index in [0.717, 1.165) is 44.6 Å². The smallest absolute Gasteiger partial charge is 0.229 e. The Bertz CT molecular complexity index is 368. The Labute approximate surface area is 101 Å². The fourth-order valence-electron chi connectivity index (χ4n) is 2.01. The Morgan fingerprint density at radius 1 is 1.47 bits per heavy atom. The predicted molar refractivity (Wildman–Crippen MR) is 62.5 cm³/mol. The standard InChI is InChI=1S/C12H19N3O2/c1-9(2)12-13-11(14-17-12)7-15-5-3-10(8-16)4-6-15/h8-10H,3-7H2,1-2H3. The number of nitrogens with zero attached hydrogens (tertiary/aromatic N) is 3. The van der Waals surface area contributed by atoms with Crippen LogP contribution in [0, 0.1) is 5.92 Å². The number of aldehydes is 1. The molecule has 0 aliphatic carbocycles. The molecule has 0 saturated carbocycles. The van der Waals surface area contributed by atoms with Crippen LogP contribution < -0.4 is 0 Å². The highest BCUT2D eigenvalue weighted by Gasteiger charge is 2.20. The lowest BCUT2D eigenvalue weighted by Crippen LogP contribution is -2.33. The maximum atomic E-state index is 10.6. The molecule has 5 heteroatoms. The molecule has 1 aromatic heterocycles. The van der Waals surface area contributed by atoms with Gasteiger partial charge >= 0.3 is 0 Å². The molecule has 1 aromatic rings. The SMILES string of the molecule is CC(C)c1nc(CN2CCC(C=O)CC2)no1. The molecule has 1 aliphatic heterocycles. The topological polar surface area (TPSA) is 59.2 Å². The second-order valence-corrected chi connectivity index (χ2v) is 4.95. The van der Waals surface area contributed by atoms with Gasteiger partial charge in [0.1, 0.15) is 6.29 Å². The first kappa shape index (κ1) is 12.2. The highest BCUT2D eigenvalue weighted by Crippen LogP contribution is 2.17. The Morgan fingerprint density at radius 2 is 2.18 bits per heavy atom. The number of aromatic nitrogens is 2. The summed E-state index contributed by atoms with van der Waals surface area (Å²) in [7, 11) is 0. The molecule has 1 aliphatic rings. The number of hydrogen-bond acceptors (Lipinski definition) is 5. The van der Waals surface area contributed by atoms with Crippen molar-refractivity contribution in [3.63, 3.8) is 0 Å². The summed E-state index contributed by atoms with van der Waals surface area (Å²) in [6, 6.07) is 0. The highest BCUT2D eigenvalue weighted by atomic mass is 16.5. The fourth-order valence-corrected chi connectivity index (χ4v) is 2.01. The largest absolute Gasteiger partial charge is 0.339 e. The molecule has 94 valence electrons. The van der Waals surface area contributed by atoms with Crippen molar-refractivity contribution in [2.24, 2.45) is 5.92 Å². The zero-order chi connectivity index (χ0) is 12.3. The predicted octanol–water partition coefficient (Wildman–Crippen LogP) is 1.60. The lowest BCUT2D eigenvalue weighted by molar-refractivity contribution is -0.112. The van der Waals surface area contributed by atoms with E-state index >= 15 is 0 Å². The molecule has 2 heterocycles. The molecule has 0 aromatic carbocycles. The summed E-state index contributed by atoms with van der Waals surface area (Å²) < 4.78 is 5.17. The minimum absolute atomic E-state index is 0.239. The van der Waals surface area contributed by atoms with Crippen LogP contribution in [0.25, 0.3) is 0 Å². The number of carbonyl (C=O) groups excluding carboxylic acids is 1. The molecule has 0 atom stereocenters. The van der Waals surface area contributed by atoms with Crippen molar-refractivity contribution >= 4 is 6.29 Å². The van der Waals surface area contributed by atoms with Crippen LogP contribution in [0.2, 0.25) is 0 Å². The van der Waals surface area contributed by atoms with E-state index in [0.29, 0.717) is 5.89 Å². The molecule has 2 rings (SSSR count). The summed E-state index contributed by atoms with van der Waals surface area (Å²) in [5.41, 5.74) is 0. The van der Waals surface area contributed by atoms with Crippen molar-refractivity contribution in [3.05, 3.63) is 11.7 Å². The van der Waals surface area contributed by atoms with Gasteiger partial charge in [-0.2, -0.15) is 4.98 Å². The molecule has 1 fully saturated rings. The summed E-state index contributed by atoms with van der Waals surface area (Å²) in [5, 5.41) is 3.97. The molecule has 17 heavy (non-hydrogen) atoms. The average Bonchev–Trinajstić information content (AvgIpc) is 2.79. The van der Waals surface area contributed by atoms with Gasteiger partial charge in [0.05, 0.1) is 6.54 Å². The third-order valence-corrected chi connectivity index (χ3v) is 3.17. The van der Waals surface area contributed by atoms with Gasteiger partial charge in [-0.25, -0.2) is 0 Å². The first-order chi connectivity index (χ1) is 8.19. The normalized spacial score (nSPS) is 18.8. The van der Waals surface area contributed by atoms with Gasteiger partial charge in [0, 0.05) is 11.8 Å². The Balaban J connectivity index is 1.86. The fraction of sp³-hybridized carbons (Fsp3) is 0.750. The van der Waals surface area contributed by atoms with Crippen LogP contribution in [0.4, 0.5) is 0 Å². The monoisotopic (exact) mass is 237 g/mol. The van der Waals surface area contributed by atoms with Gasteiger partial charge in [0.25, 0.3) is 0 Å². The van der Waals surface area contributed by atoms with Gasteiger partial charge < -0.3 is 9.32 Å². The number of likely N-dealkylation sites (tertiary alicyclic amines) is 1. The van der Waals surface area contributed by atoms with E-state index in [2.05, 4.69) is 15.0 Å². The van der Waals surface area contributed by atoms with Gasteiger partial charge in [-0.3, -0.25) is 4.90 Å². The quantitative estimate of drug-likeness (QED) is 0.744. The molecule has 1 saturated heterocycles. The van der Waals surface area contributed by atoms with Crippen LogP contribution in [0.3, 0.4) is 0 Å². The summed E-state index contributed by atoms with van der Waals surface area (Å²) in [6.45, 7) is 6.67. The number of rotatable bonds is 4. The van der Waals surface area contributed by atoms with Gasteiger partial charge in [-0.15, -0.1) is 0 Å². The summed E-state index contributed by atoms with van der Waals surface area (Å²) >= 11 is 0. The third kappa shape index (κ3) is 3.12. The summed E-state index contributed by atoms with van der Waals surface area (Å²) in [6.07, 6.45) is 2.96. The molecule has 0 spiro atoms. The van der Waals surface area contributed by atoms with Gasteiger partial charge in [-0.05, 0) is 25.9 Å². The number of piperidine rings is 1. The molecule has 0 N–H and O–H groups in total. The Hall–Kier alpha value is -1.23. The van der Waals surface area contributed by atoms with E-state index in [1.54, 1.807) is 0 Å². The first-order valence-electron chi connectivity index (χ1n) is 6.19. The van der Waals surface area contributed by atoms with Crippen molar-refractivity contribution < 1.29 is 9.32 Å². The maximum absolute atomic E-state index is 10.6. The van der Waals surface area contributed by atoms with Crippen molar-refractivity contribution in [2.45, 2.75) is 39.2 Å². The van der Waals surface area contributed by atoms with Crippen LogP contribution in [0.1, 0.15) is 44.3 Å². The second-order valence-electron chi connectivity index (χ2n) is 4.95. The van der Waals surface area contributed by atoms with E-state index in [-0.39, 0.29) is 11.8 Å². The molecule has 0 bridgehead atoms. The lowest BCUT2D eigenvalue weighted by Gasteiger charge is -2.28. The summed E-state index contributed by atoms with van der Waals surface area (Å²) in [5.74, 6) is 1.96. The minimum Gasteiger partial charge on any atom is -0.339 e. The zero-order valence-corrected chi connectivity index (χ0v) is 10.4. The molecule has 0 radical (unpaired) electrons. The van der Waals surface area contributed by atoms with E-state index in [9.17, 15) is 4.79 Å². The van der Waals surface area contributed by atoms with E-state index in [1.165, 1.54) is 0 Å². The minimum atomic E-state index is 0.239. The highest BCUT2D eigenvalue weighted by molar-refractivity contribution is 5.53. The van der Waals surface area contributed by atoms with Crippen molar-refractivity contribution in [1.82, 2.24) is 15.0 Å². The van der Waals surface area contributed by atoms with Crippen LogP contribution >= 0.6 is 0 Å². The Kier molecular flexibility index (Phi) is 3.89. The summed E-state index contributed by atoms with van der Waals surface area (Å²) in [4.78, 5) is 17.3. The van der Waals surface area contributed by atoms with Crippen LogP contribution in [0.5, 0.6) is 0 Å². The average molecular weight is 237 g/mol. The van der Waals surface area contributed by atoms with E-state index < -0.39 is 0 Å². The first-order valence-corrected chi connectivity index (χ1v) is 6.19. The van der Waals surface area contributed by atoms with Crippen LogP contribution in [-0.4, -0.2) is 34.4 Å². The third-order valence-electron chi connectivity index (χ3n) is 3.17. The van der Waals surface area contributed by atoms with Crippen LogP contribution in [0.15, 0.2) is 4.52 Å². The lowest BCUT2D eigenvalue weighted by atomic mass is 9.99. The molecule has 0 unspecified atom stereocenters. The molecule has 5 nitrogen and oxygen atoms in total. The second kappa shape index (κ2) is 5.40. The Morgan fingerprint density at radius 3 is 2.71 bits per heavy atom. The van der Waals surface area contributed by atoms with Gasteiger partial charge in [0.15, 0.2) is 5.82 Å². The van der Waals surface area contributed by atoms with E-state index in [1.807, 2.05) is 13.8 Å². The van der Waals surface area contributed by atoms with Crippen molar-refractivity contribution in [3.8, 4) is 0 Å². The van der Waals surface area contributed by atoms with Crippen molar-refractivity contribution in [2.75, 3.05) is 13.1 Å². The molecule has 0 amide bonds. The number of hydrogen-bond donors (Lipinski definition) is 0. The maximum Gasteiger partial charge on any atom is 0.229 e. The molecular weight excluding hydrogens is 218 g/mol. The van der Waals surface area contributed by atoms with Crippen LogP contribution in [-0.2, 0) is 11.3 Å². The zero-order valence-electron chi connectivity index (χ0n) is 10.4. The van der Waals surface area contributed by atoms with Crippen molar-refractivity contribution in [1.29, 1.82) is 0 Å². The molecular formula is C12H19N3O2. The number of carbonyl (C=O) groups is 1.